The van der Waals surface area contributed by atoms with Gasteiger partial charge in [0.05, 0.1) is 10.6 Å². The van der Waals surface area contributed by atoms with Gasteiger partial charge in [-0.1, -0.05) is 67.4 Å². The van der Waals surface area contributed by atoms with E-state index in [2.05, 4.69) is 5.32 Å². The molecular formula is C32H40ClN3O4S. The maximum absolute atomic E-state index is 14.2. The molecule has 7 nitrogen and oxygen atoms in total. The Bertz CT molecular complexity index is 1450. The van der Waals surface area contributed by atoms with Crippen LogP contribution < -0.4 is 9.62 Å². The highest BCUT2D eigenvalue weighted by Gasteiger charge is 2.34. The fourth-order valence-electron chi connectivity index (χ4n) is 4.63. The summed E-state index contributed by atoms with van der Waals surface area (Å²) in [6.45, 7) is 10.9. The van der Waals surface area contributed by atoms with Crippen LogP contribution in [-0.2, 0) is 26.2 Å². The van der Waals surface area contributed by atoms with E-state index in [-0.39, 0.29) is 23.4 Å². The maximum Gasteiger partial charge on any atom is 0.264 e. The van der Waals surface area contributed by atoms with Crippen LogP contribution in [0.2, 0.25) is 5.02 Å². The van der Waals surface area contributed by atoms with E-state index < -0.39 is 28.5 Å². The van der Waals surface area contributed by atoms with Gasteiger partial charge in [0, 0.05) is 17.6 Å². The molecule has 3 rings (SSSR count). The van der Waals surface area contributed by atoms with Gasteiger partial charge in [-0.25, -0.2) is 8.42 Å². The van der Waals surface area contributed by atoms with Crippen LogP contribution in [0.3, 0.4) is 0 Å². The van der Waals surface area contributed by atoms with Crippen LogP contribution in [0.1, 0.15) is 55.9 Å². The molecule has 0 aliphatic heterocycles. The van der Waals surface area contributed by atoms with E-state index in [1.165, 1.54) is 4.90 Å². The predicted octanol–water partition coefficient (Wildman–Crippen LogP) is 6.18. The van der Waals surface area contributed by atoms with Crippen molar-refractivity contribution < 1.29 is 18.0 Å². The van der Waals surface area contributed by atoms with Gasteiger partial charge in [-0.3, -0.25) is 13.9 Å². The largest absolute Gasteiger partial charge is 0.352 e. The second-order valence-corrected chi connectivity index (χ2v) is 12.8. The van der Waals surface area contributed by atoms with Crippen LogP contribution in [-0.4, -0.2) is 43.8 Å². The number of amides is 2. The molecule has 41 heavy (non-hydrogen) atoms. The number of aryl methyl sites for hydroxylation is 3. The molecule has 0 spiro atoms. The normalized spacial score (nSPS) is 12.9. The Kier molecular flexibility index (Phi) is 11.0. The van der Waals surface area contributed by atoms with Crippen molar-refractivity contribution in [2.75, 3.05) is 10.8 Å². The van der Waals surface area contributed by atoms with Gasteiger partial charge in [-0.2, -0.15) is 0 Å². The first kappa shape index (κ1) is 32.2. The highest BCUT2D eigenvalue weighted by Crippen LogP contribution is 2.27. The van der Waals surface area contributed by atoms with E-state index in [1.54, 1.807) is 54.6 Å². The number of halogens is 1. The molecule has 0 aliphatic carbocycles. The number of carbonyl (C=O) groups is 2. The van der Waals surface area contributed by atoms with Gasteiger partial charge < -0.3 is 10.2 Å². The lowest BCUT2D eigenvalue weighted by atomic mass is 10.1. The van der Waals surface area contributed by atoms with Gasteiger partial charge in [0.2, 0.25) is 11.8 Å². The minimum Gasteiger partial charge on any atom is -0.352 e. The molecule has 220 valence electrons. The van der Waals surface area contributed by atoms with Crippen LogP contribution in [0.5, 0.6) is 0 Å². The number of anilines is 1. The molecule has 2 atom stereocenters. The SMILES string of the molecule is CC[C@@H](C)NC(=O)[C@H](CC)N(Cc1ccccc1Cl)C(=O)CN(c1cc(C)cc(C)c1)S(=O)(=O)c1ccc(C)cc1. The van der Waals surface area contributed by atoms with Crippen LogP contribution in [0, 0.1) is 20.8 Å². The number of hydrogen-bond donors (Lipinski definition) is 1. The lowest BCUT2D eigenvalue weighted by Gasteiger charge is -2.34. The highest BCUT2D eigenvalue weighted by atomic mass is 35.5. The first-order valence-corrected chi connectivity index (χ1v) is 15.7. The average Bonchev–Trinajstić information content (AvgIpc) is 2.92. The second kappa shape index (κ2) is 14.0. The van der Waals surface area contributed by atoms with Crippen molar-refractivity contribution in [1.82, 2.24) is 10.2 Å². The fraction of sp³-hybridized carbons (Fsp3) is 0.375. The van der Waals surface area contributed by atoms with Crippen molar-refractivity contribution in [2.24, 2.45) is 0 Å². The molecule has 0 unspecified atom stereocenters. The van der Waals surface area contributed by atoms with E-state index >= 15 is 0 Å². The highest BCUT2D eigenvalue weighted by molar-refractivity contribution is 7.92. The summed E-state index contributed by atoms with van der Waals surface area (Å²) in [6.07, 6.45) is 1.07. The Balaban J connectivity index is 2.10. The summed E-state index contributed by atoms with van der Waals surface area (Å²) in [7, 11) is -4.13. The van der Waals surface area contributed by atoms with Crippen molar-refractivity contribution in [3.8, 4) is 0 Å². The maximum atomic E-state index is 14.2. The number of nitrogens with zero attached hydrogens (tertiary/aromatic N) is 2. The van der Waals surface area contributed by atoms with Crippen molar-refractivity contribution >= 4 is 39.1 Å². The van der Waals surface area contributed by atoms with Crippen LogP contribution in [0.4, 0.5) is 5.69 Å². The molecule has 0 fully saturated rings. The molecule has 0 aliphatic rings. The number of rotatable bonds is 12. The zero-order chi connectivity index (χ0) is 30.3. The smallest absolute Gasteiger partial charge is 0.264 e. The summed E-state index contributed by atoms with van der Waals surface area (Å²) in [5.74, 6) is -0.799. The van der Waals surface area contributed by atoms with Crippen LogP contribution in [0.25, 0.3) is 0 Å². The second-order valence-electron chi connectivity index (χ2n) is 10.5. The van der Waals surface area contributed by atoms with Crippen LogP contribution in [0.15, 0.2) is 71.6 Å². The zero-order valence-electron chi connectivity index (χ0n) is 24.6. The topological polar surface area (TPSA) is 86.8 Å². The van der Waals surface area contributed by atoms with E-state index in [0.717, 1.165) is 27.4 Å². The molecule has 0 heterocycles. The third kappa shape index (κ3) is 8.11. The summed E-state index contributed by atoms with van der Waals surface area (Å²) >= 11 is 6.46. The molecule has 0 aromatic heterocycles. The number of sulfonamides is 1. The van der Waals surface area contributed by atoms with Crippen molar-refractivity contribution in [3.63, 3.8) is 0 Å². The number of carbonyl (C=O) groups excluding carboxylic acids is 2. The number of nitrogens with one attached hydrogen (secondary N) is 1. The fourth-order valence-corrected chi connectivity index (χ4v) is 6.22. The first-order chi connectivity index (χ1) is 19.4. The van der Waals surface area contributed by atoms with Gasteiger partial charge >= 0.3 is 0 Å². The van der Waals surface area contributed by atoms with Crippen LogP contribution >= 0.6 is 11.6 Å². The summed E-state index contributed by atoms with van der Waals surface area (Å²) in [5, 5.41) is 3.44. The molecule has 0 saturated carbocycles. The van der Waals surface area contributed by atoms with Gasteiger partial charge in [-0.05, 0) is 87.6 Å². The van der Waals surface area contributed by atoms with Gasteiger partial charge in [0.25, 0.3) is 10.0 Å². The Morgan fingerprint density at radius 2 is 1.49 bits per heavy atom. The van der Waals surface area contributed by atoms with Gasteiger partial charge in [0.1, 0.15) is 12.6 Å². The minimum absolute atomic E-state index is 0.0518. The molecular weight excluding hydrogens is 558 g/mol. The summed E-state index contributed by atoms with van der Waals surface area (Å²) in [5.41, 5.74) is 3.69. The first-order valence-electron chi connectivity index (χ1n) is 13.9. The van der Waals surface area contributed by atoms with Gasteiger partial charge in [0.15, 0.2) is 0 Å². The summed E-state index contributed by atoms with van der Waals surface area (Å²) < 4.78 is 29.2. The molecule has 2 amide bonds. The van der Waals surface area contributed by atoms with Crippen molar-refractivity contribution in [2.45, 2.75) is 77.9 Å². The standard InChI is InChI=1S/C32H40ClN3O4S/c1-7-25(6)34-32(38)30(8-2)35(20-26-11-9-10-12-29(26)33)31(37)21-36(27-18-23(4)17-24(5)19-27)41(39,40)28-15-13-22(3)14-16-28/h9-19,25,30H,7-8,20-21H2,1-6H3,(H,34,38)/t25-,30+/m1/s1. The van der Waals surface area contributed by atoms with E-state index in [0.29, 0.717) is 22.7 Å². The van der Waals surface area contributed by atoms with E-state index in [1.807, 2.05) is 53.7 Å². The average molecular weight is 598 g/mol. The quantitative estimate of drug-likeness (QED) is 0.270. The minimum atomic E-state index is -4.13. The predicted molar refractivity (Wildman–Crippen MR) is 166 cm³/mol. The Morgan fingerprint density at radius 1 is 0.878 bits per heavy atom. The monoisotopic (exact) mass is 597 g/mol. The Hall–Kier alpha value is -3.36. The van der Waals surface area contributed by atoms with Crippen molar-refractivity contribution in [1.29, 1.82) is 0 Å². The Morgan fingerprint density at radius 3 is 2.05 bits per heavy atom. The summed E-state index contributed by atoms with van der Waals surface area (Å²) in [6, 6.07) is 18.2. The third-order valence-corrected chi connectivity index (χ3v) is 9.22. The molecule has 0 radical (unpaired) electrons. The molecule has 1 N–H and O–H groups in total. The lowest BCUT2D eigenvalue weighted by molar-refractivity contribution is -0.140. The van der Waals surface area contributed by atoms with E-state index in [9.17, 15) is 18.0 Å². The third-order valence-electron chi connectivity index (χ3n) is 7.07. The molecule has 0 saturated heterocycles. The molecule has 0 bridgehead atoms. The zero-order valence-corrected chi connectivity index (χ0v) is 26.2. The van der Waals surface area contributed by atoms with Crippen molar-refractivity contribution in [3.05, 3.63) is 94.0 Å². The lowest BCUT2D eigenvalue weighted by Crippen LogP contribution is -2.53. The number of hydrogen-bond acceptors (Lipinski definition) is 4. The Labute approximate surface area is 249 Å². The summed E-state index contributed by atoms with van der Waals surface area (Å²) in [4.78, 5) is 29.1. The van der Waals surface area contributed by atoms with Gasteiger partial charge in [-0.15, -0.1) is 0 Å². The molecule has 3 aromatic carbocycles. The number of benzene rings is 3. The van der Waals surface area contributed by atoms with E-state index in [4.69, 9.17) is 11.6 Å². The molecule has 9 heteroatoms. The molecule has 3 aromatic rings.